The Morgan fingerprint density at radius 3 is 2.43 bits per heavy atom. The molecule has 0 aliphatic rings. The SMILES string of the molecule is COc1ccc(Br)c(CC(CCl)Cc2ccc(Cl)cc2)c1. The van der Waals surface area contributed by atoms with E-state index < -0.39 is 0 Å². The second-order valence-electron chi connectivity index (χ2n) is 5.01. The Morgan fingerprint density at radius 2 is 1.81 bits per heavy atom. The van der Waals surface area contributed by atoms with Gasteiger partial charge in [0.25, 0.3) is 0 Å². The molecule has 0 N–H and O–H groups in total. The molecule has 0 aliphatic carbocycles. The van der Waals surface area contributed by atoms with E-state index in [2.05, 4.69) is 34.1 Å². The van der Waals surface area contributed by atoms with E-state index in [9.17, 15) is 0 Å². The molecule has 4 heteroatoms. The monoisotopic (exact) mass is 386 g/mol. The largest absolute Gasteiger partial charge is 0.497 e. The summed E-state index contributed by atoms with van der Waals surface area (Å²) < 4.78 is 6.38. The van der Waals surface area contributed by atoms with Crippen LogP contribution in [0.3, 0.4) is 0 Å². The number of hydrogen-bond donors (Lipinski definition) is 0. The maximum Gasteiger partial charge on any atom is 0.119 e. The van der Waals surface area contributed by atoms with E-state index in [-0.39, 0.29) is 0 Å². The van der Waals surface area contributed by atoms with Gasteiger partial charge in [-0.15, -0.1) is 11.6 Å². The van der Waals surface area contributed by atoms with Crippen molar-refractivity contribution in [3.63, 3.8) is 0 Å². The zero-order valence-corrected chi connectivity index (χ0v) is 14.9. The van der Waals surface area contributed by atoms with Gasteiger partial charge in [-0.2, -0.15) is 0 Å². The third kappa shape index (κ3) is 4.91. The first-order chi connectivity index (χ1) is 10.1. The molecule has 1 unspecified atom stereocenters. The number of ether oxygens (including phenoxy) is 1. The molecule has 0 radical (unpaired) electrons. The number of methoxy groups -OCH3 is 1. The molecular formula is C17H17BrCl2O. The van der Waals surface area contributed by atoms with Crippen molar-refractivity contribution in [1.29, 1.82) is 0 Å². The highest BCUT2D eigenvalue weighted by molar-refractivity contribution is 9.10. The van der Waals surface area contributed by atoms with Crippen LogP contribution in [0.5, 0.6) is 5.75 Å². The molecule has 0 heterocycles. The quantitative estimate of drug-likeness (QED) is 0.573. The topological polar surface area (TPSA) is 9.23 Å². The number of alkyl halides is 1. The molecular weight excluding hydrogens is 371 g/mol. The molecule has 0 saturated carbocycles. The van der Waals surface area contributed by atoms with E-state index >= 15 is 0 Å². The summed E-state index contributed by atoms with van der Waals surface area (Å²) in [6.45, 7) is 0. The molecule has 2 aromatic carbocycles. The van der Waals surface area contributed by atoms with E-state index in [1.165, 1.54) is 11.1 Å². The summed E-state index contributed by atoms with van der Waals surface area (Å²) in [6.07, 6.45) is 1.84. The molecule has 0 spiro atoms. The van der Waals surface area contributed by atoms with Gasteiger partial charge < -0.3 is 4.74 Å². The van der Waals surface area contributed by atoms with Crippen LogP contribution in [-0.2, 0) is 12.8 Å². The summed E-state index contributed by atoms with van der Waals surface area (Å²) in [5.41, 5.74) is 2.47. The molecule has 21 heavy (non-hydrogen) atoms. The Hall–Kier alpha value is -0.700. The van der Waals surface area contributed by atoms with Crippen LogP contribution in [0.25, 0.3) is 0 Å². The molecule has 0 saturated heterocycles. The fourth-order valence-corrected chi connectivity index (χ4v) is 3.03. The van der Waals surface area contributed by atoms with Crippen molar-refractivity contribution in [3.05, 3.63) is 63.1 Å². The second-order valence-corrected chi connectivity index (χ2v) is 6.61. The van der Waals surface area contributed by atoms with Crippen LogP contribution in [0.1, 0.15) is 11.1 Å². The van der Waals surface area contributed by atoms with E-state index in [0.29, 0.717) is 11.8 Å². The summed E-state index contributed by atoms with van der Waals surface area (Å²) in [4.78, 5) is 0. The minimum atomic E-state index is 0.372. The molecule has 0 amide bonds. The number of halogens is 3. The van der Waals surface area contributed by atoms with Crippen LogP contribution >= 0.6 is 39.1 Å². The second kappa shape index (κ2) is 8.07. The first-order valence-electron chi connectivity index (χ1n) is 6.75. The summed E-state index contributed by atoms with van der Waals surface area (Å²) in [7, 11) is 1.68. The van der Waals surface area contributed by atoms with Crippen molar-refractivity contribution in [2.24, 2.45) is 5.92 Å². The smallest absolute Gasteiger partial charge is 0.119 e. The van der Waals surface area contributed by atoms with Gasteiger partial charge in [-0.3, -0.25) is 0 Å². The molecule has 0 aliphatic heterocycles. The van der Waals surface area contributed by atoms with Gasteiger partial charge in [-0.05, 0) is 60.2 Å². The summed E-state index contributed by atoms with van der Waals surface area (Å²) >= 11 is 15.7. The molecule has 2 aromatic rings. The summed E-state index contributed by atoms with van der Waals surface area (Å²) in [5, 5.41) is 0.761. The third-order valence-electron chi connectivity index (χ3n) is 3.42. The van der Waals surface area contributed by atoms with E-state index in [0.717, 1.165) is 28.1 Å². The van der Waals surface area contributed by atoms with Crippen molar-refractivity contribution >= 4 is 39.1 Å². The maximum absolute atomic E-state index is 6.15. The number of benzene rings is 2. The Bertz CT molecular complexity index is 584. The standard InChI is InChI=1S/C17H17BrCl2O/c1-21-16-6-7-17(18)14(10-16)9-13(11-19)8-12-2-4-15(20)5-3-12/h2-7,10,13H,8-9,11H2,1H3. The fraction of sp³-hybridized carbons (Fsp3) is 0.294. The minimum absolute atomic E-state index is 0.372. The Morgan fingerprint density at radius 1 is 1.10 bits per heavy atom. The minimum Gasteiger partial charge on any atom is -0.497 e. The van der Waals surface area contributed by atoms with Gasteiger partial charge in [0.05, 0.1) is 7.11 Å². The molecule has 112 valence electrons. The molecule has 1 atom stereocenters. The van der Waals surface area contributed by atoms with Crippen LogP contribution in [0.4, 0.5) is 0 Å². The van der Waals surface area contributed by atoms with Crippen LogP contribution < -0.4 is 4.74 Å². The van der Waals surface area contributed by atoms with Gasteiger partial charge in [0.15, 0.2) is 0 Å². The van der Waals surface area contributed by atoms with E-state index in [4.69, 9.17) is 27.9 Å². The predicted molar refractivity (Wildman–Crippen MR) is 93.8 cm³/mol. The highest BCUT2D eigenvalue weighted by Gasteiger charge is 2.12. The predicted octanol–water partition coefficient (Wildman–Crippen LogP) is 5.75. The molecule has 0 fully saturated rings. The van der Waals surface area contributed by atoms with Crippen LogP contribution in [-0.4, -0.2) is 13.0 Å². The van der Waals surface area contributed by atoms with Crippen molar-refractivity contribution in [2.75, 3.05) is 13.0 Å². The maximum atomic E-state index is 6.15. The van der Waals surface area contributed by atoms with Crippen molar-refractivity contribution in [3.8, 4) is 5.75 Å². The zero-order chi connectivity index (χ0) is 15.2. The highest BCUT2D eigenvalue weighted by Crippen LogP contribution is 2.26. The molecule has 0 bridgehead atoms. The van der Waals surface area contributed by atoms with Gasteiger partial charge in [0.1, 0.15) is 5.75 Å². The molecule has 0 aromatic heterocycles. The number of hydrogen-bond acceptors (Lipinski definition) is 1. The number of rotatable bonds is 6. The Kier molecular flexibility index (Phi) is 6.40. The van der Waals surface area contributed by atoms with Crippen molar-refractivity contribution in [1.82, 2.24) is 0 Å². The lowest BCUT2D eigenvalue weighted by Crippen LogP contribution is -2.10. The Labute approximate surface area is 144 Å². The van der Waals surface area contributed by atoms with Gasteiger partial charge in [0.2, 0.25) is 0 Å². The Balaban J connectivity index is 2.10. The first-order valence-corrected chi connectivity index (χ1v) is 8.45. The summed E-state index contributed by atoms with van der Waals surface area (Å²) in [5.74, 6) is 1.86. The first kappa shape index (κ1) is 16.7. The van der Waals surface area contributed by atoms with Crippen LogP contribution in [0.15, 0.2) is 46.9 Å². The lowest BCUT2D eigenvalue weighted by atomic mass is 9.94. The fourth-order valence-electron chi connectivity index (χ4n) is 2.28. The molecule has 2 rings (SSSR count). The van der Waals surface area contributed by atoms with E-state index in [1.54, 1.807) is 7.11 Å². The van der Waals surface area contributed by atoms with Crippen LogP contribution in [0, 0.1) is 5.92 Å². The van der Waals surface area contributed by atoms with Crippen LogP contribution in [0.2, 0.25) is 5.02 Å². The van der Waals surface area contributed by atoms with Crippen molar-refractivity contribution < 1.29 is 4.74 Å². The van der Waals surface area contributed by atoms with Gasteiger partial charge >= 0.3 is 0 Å². The zero-order valence-electron chi connectivity index (χ0n) is 11.8. The lowest BCUT2D eigenvalue weighted by Gasteiger charge is -2.16. The van der Waals surface area contributed by atoms with E-state index in [1.807, 2.05) is 24.3 Å². The molecule has 1 nitrogen and oxygen atoms in total. The average molecular weight is 388 g/mol. The van der Waals surface area contributed by atoms with Gasteiger partial charge in [-0.25, -0.2) is 0 Å². The lowest BCUT2D eigenvalue weighted by molar-refractivity contribution is 0.413. The van der Waals surface area contributed by atoms with Gasteiger partial charge in [-0.1, -0.05) is 39.7 Å². The van der Waals surface area contributed by atoms with Gasteiger partial charge in [0, 0.05) is 15.4 Å². The summed E-state index contributed by atoms with van der Waals surface area (Å²) in [6, 6.07) is 14.0. The normalized spacial score (nSPS) is 12.2. The third-order valence-corrected chi connectivity index (χ3v) is 4.88. The van der Waals surface area contributed by atoms with Crippen molar-refractivity contribution in [2.45, 2.75) is 12.8 Å². The average Bonchev–Trinajstić information content (AvgIpc) is 2.50. The highest BCUT2D eigenvalue weighted by atomic mass is 79.9.